The molecule has 0 amide bonds. The Bertz CT molecular complexity index is 377. The monoisotopic (exact) mass is 283 g/mol. The number of hydrogen-bond acceptors (Lipinski definition) is 2. The molecule has 0 radical (unpaired) electrons. The van der Waals surface area contributed by atoms with Gasteiger partial charge in [-0.1, -0.05) is 37.6 Å². The van der Waals surface area contributed by atoms with Crippen molar-refractivity contribution in [3.8, 4) is 0 Å². The number of nitrogens with one attached hydrogen (secondary N) is 1. The summed E-state index contributed by atoms with van der Waals surface area (Å²) in [6, 6.07) is 8.37. The van der Waals surface area contributed by atoms with Crippen LogP contribution in [0.1, 0.15) is 39.2 Å². The molecule has 1 aromatic carbocycles. The Kier molecular flexibility index (Phi) is 6.84. The summed E-state index contributed by atoms with van der Waals surface area (Å²) < 4.78 is 5.75. The molecule has 2 unspecified atom stereocenters. The molecule has 1 N–H and O–H groups in total. The number of hydrogen-bond donors (Lipinski definition) is 1. The molecule has 0 saturated carbocycles. The highest BCUT2D eigenvalue weighted by atomic mass is 35.5. The minimum atomic E-state index is -0.155. The van der Waals surface area contributed by atoms with Gasteiger partial charge in [-0.05, 0) is 50.4 Å². The molecule has 0 aliphatic carbocycles. The van der Waals surface area contributed by atoms with Crippen molar-refractivity contribution in [1.29, 1.82) is 0 Å². The van der Waals surface area contributed by atoms with E-state index in [4.69, 9.17) is 16.3 Å². The molecule has 0 aliphatic rings. The topological polar surface area (TPSA) is 21.3 Å². The van der Waals surface area contributed by atoms with E-state index in [0.717, 1.165) is 30.8 Å². The lowest BCUT2D eigenvalue weighted by Crippen LogP contribution is -2.51. The first-order valence-corrected chi connectivity index (χ1v) is 7.46. The molecule has 0 bridgehead atoms. The van der Waals surface area contributed by atoms with Crippen LogP contribution in [0.5, 0.6) is 0 Å². The van der Waals surface area contributed by atoms with Crippen molar-refractivity contribution in [2.45, 2.75) is 51.7 Å². The summed E-state index contributed by atoms with van der Waals surface area (Å²) in [5.41, 5.74) is 1.09. The van der Waals surface area contributed by atoms with Crippen molar-refractivity contribution < 1.29 is 4.74 Å². The van der Waals surface area contributed by atoms with Crippen LogP contribution in [-0.2, 0) is 11.2 Å². The Morgan fingerprint density at radius 3 is 2.63 bits per heavy atom. The number of methoxy groups -OCH3 is 1. The summed E-state index contributed by atoms with van der Waals surface area (Å²) in [7, 11) is 1.79. The Labute approximate surface area is 122 Å². The van der Waals surface area contributed by atoms with Crippen molar-refractivity contribution >= 4 is 11.6 Å². The van der Waals surface area contributed by atoms with Crippen LogP contribution in [0.25, 0.3) is 0 Å². The van der Waals surface area contributed by atoms with Gasteiger partial charge in [-0.25, -0.2) is 0 Å². The summed E-state index contributed by atoms with van der Waals surface area (Å²) in [5.74, 6) is 0. The largest absolute Gasteiger partial charge is 0.377 e. The summed E-state index contributed by atoms with van der Waals surface area (Å²) in [6.45, 7) is 7.52. The van der Waals surface area contributed by atoms with E-state index < -0.39 is 0 Å². The number of benzene rings is 1. The summed E-state index contributed by atoms with van der Waals surface area (Å²) in [6.07, 6.45) is 3.03. The van der Waals surface area contributed by atoms with Gasteiger partial charge in [0, 0.05) is 18.2 Å². The highest BCUT2D eigenvalue weighted by Crippen LogP contribution is 2.23. The average Bonchev–Trinajstić information content (AvgIpc) is 2.42. The molecule has 1 rings (SSSR count). The molecule has 19 heavy (non-hydrogen) atoms. The van der Waals surface area contributed by atoms with Gasteiger partial charge in [0.15, 0.2) is 0 Å². The molecule has 0 heterocycles. The van der Waals surface area contributed by atoms with E-state index in [1.54, 1.807) is 7.11 Å². The van der Waals surface area contributed by atoms with Crippen molar-refractivity contribution in [1.82, 2.24) is 5.32 Å². The Balaban J connectivity index is 2.85. The van der Waals surface area contributed by atoms with Gasteiger partial charge < -0.3 is 10.1 Å². The van der Waals surface area contributed by atoms with Gasteiger partial charge in [-0.3, -0.25) is 0 Å². The molecule has 0 spiro atoms. The average molecular weight is 284 g/mol. The lowest BCUT2D eigenvalue weighted by molar-refractivity contribution is -0.0287. The highest BCUT2D eigenvalue weighted by Gasteiger charge is 2.32. The van der Waals surface area contributed by atoms with Gasteiger partial charge in [0.2, 0.25) is 0 Å². The van der Waals surface area contributed by atoms with Crippen molar-refractivity contribution in [3.63, 3.8) is 0 Å². The molecule has 0 aromatic heterocycles. The summed E-state index contributed by atoms with van der Waals surface area (Å²) >= 11 is 6.06. The maximum absolute atomic E-state index is 6.06. The lowest BCUT2D eigenvalue weighted by atomic mass is 9.88. The molecule has 2 atom stereocenters. The maximum atomic E-state index is 6.06. The first-order chi connectivity index (χ1) is 9.05. The van der Waals surface area contributed by atoms with E-state index in [2.05, 4.69) is 32.2 Å². The molecule has 1 aromatic rings. The quantitative estimate of drug-likeness (QED) is 0.777. The molecule has 0 saturated heterocycles. The second-order valence-electron chi connectivity index (χ2n) is 5.21. The number of halogens is 1. The summed E-state index contributed by atoms with van der Waals surface area (Å²) in [5, 5.41) is 4.41. The predicted octanol–water partition coefficient (Wildman–Crippen LogP) is 4.07. The van der Waals surface area contributed by atoms with E-state index in [-0.39, 0.29) is 5.60 Å². The minimum absolute atomic E-state index is 0.155. The zero-order valence-corrected chi connectivity index (χ0v) is 13.3. The number of rotatable bonds is 8. The van der Waals surface area contributed by atoms with Gasteiger partial charge in [-0.15, -0.1) is 0 Å². The van der Waals surface area contributed by atoms with Gasteiger partial charge in [0.05, 0.1) is 5.60 Å². The maximum Gasteiger partial charge on any atom is 0.0803 e. The third-order valence-corrected chi connectivity index (χ3v) is 4.11. The minimum Gasteiger partial charge on any atom is -0.377 e. The Morgan fingerprint density at radius 2 is 2.11 bits per heavy atom. The fourth-order valence-corrected chi connectivity index (χ4v) is 2.47. The van der Waals surface area contributed by atoms with Crippen LogP contribution in [-0.4, -0.2) is 25.3 Å². The second-order valence-corrected chi connectivity index (χ2v) is 5.65. The van der Waals surface area contributed by atoms with E-state index in [0.29, 0.717) is 6.04 Å². The van der Waals surface area contributed by atoms with Gasteiger partial charge in [-0.2, -0.15) is 0 Å². The van der Waals surface area contributed by atoms with Crippen LogP contribution in [0.2, 0.25) is 5.02 Å². The third kappa shape index (κ3) is 4.79. The van der Waals surface area contributed by atoms with E-state index in [1.807, 2.05) is 18.2 Å². The zero-order valence-electron chi connectivity index (χ0n) is 12.5. The molecule has 0 aliphatic heterocycles. The highest BCUT2D eigenvalue weighted by molar-refractivity contribution is 6.30. The zero-order chi connectivity index (χ0) is 14.3. The van der Waals surface area contributed by atoms with Crippen LogP contribution >= 0.6 is 11.6 Å². The van der Waals surface area contributed by atoms with Crippen LogP contribution in [0, 0.1) is 0 Å². The van der Waals surface area contributed by atoms with Crippen LogP contribution in [0.3, 0.4) is 0 Å². The van der Waals surface area contributed by atoms with E-state index in [1.165, 1.54) is 5.56 Å². The van der Waals surface area contributed by atoms with Crippen molar-refractivity contribution in [2.75, 3.05) is 13.7 Å². The molecule has 3 heteroatoms. The summed E-state index contributed by atoms with van der Waals surface area (Å²) in [4.78, 5) is 0. The molecule has 108 valence electrons. The molecule has 2 nitrogen and oxygen atoms in total. The standard InChI is InChI=1S/C16H26ClNO/c1-5-10-18-15(16(3,6-2)19-4)12-13-8-7-9-14(17)11-13/h7-9,11,15,18H,5-6,10,12H2,1-4H3. The lowest BCUT2D eigenvalue weighted by Gasteiger charge is -2.36. The van der Waals surface area contributed by atoms with Crippen molar-refractivity contribution in [3.05, 3.63) is 34.9 Å². The van der Waals surface area contributed by atoms with Crippen LogP contribution in [0.15, 0.2) is 24.3 Å². The molecular weight excluding hydrogens is 258 g/mol. The van der Waals surface area contributed by atoms with Crippen LogP contribution in [0.4, 0.5) is 0 Å². The molecular formula is C16H26ClNO. The SMILES string of the molecule is CCCNC(Cc1cccc(Cl)c1)C(C)(CC)OC. The fraction of sp³-hybridized carbons (Fsp3) is 0.625. The number of ether oxygens (including phenoxy) is 1. The smallest absolute Gasteiger partial charge is 0.0803 e. The Hall–Kier alpha value is -0.570. The van der Waals surface area contributed by atoms with Gasteiger partial charge in [0.1, 0.15) is 0 Å². The van der Waals surface area contributed by atoms with E-state index in [9.17, 15) is 0 Å². The fourth-order valence-electron chi connectivity index (χ4n) is 2.26. The molecule has 0 fully saturated rings. The second kappa shape index (κ2) is 7.88. The third-order valence-electron chi connectivity index (χ3n) is 3.88. The first kappa shape index (κ1) is 16.5. The van der Waals surface area contributed by atoms with Gasteiger partial charge in [0.25, 0.3) is 0 Å². The van der Waals surface area contributed by atoms with Gasteiger partial charge >= 0.3 is 0 Å². The van der Waals surface area contributed by atoms with E-state index >= 15 is 0 Å². The van der Waals surface area contributed by atoms with Crippen LogP contribution < -0.4 is 5.32 Å². The first-order valence-electron chi connectivity index (χ1n) is 7.08. The van der Waals surface area contributed by atoms with Crippen molar-refractivity contribution in [2.24, 2.45) is 0 Å². The predicted molar refractivity (Wildman–Crippen MR) is 82.9 cm³/mol. The normalized spacial score (nSPS) is 16.1. The Morgan fingerprint density at radius 1 is 1.37 bits per heavy atom.